The predicted octanol–water partition coefficient (Wildman–Crippen LogP) is 2.77. The van der Waals surface area contributed by atoms with E-state index >= 15 is 0 Å². The molecular weight excluding hydrogens is 344 g/mol. The van der Waals surface area contributed by atoms with Crippen LogP contribution in [0.4, 0.5) is 5.69 Å². The quantitative estimate of drug-likeness (QED) is 0.696. The van der Waals surface area contributed by atoms with Gasteiger partial charge in [-0.1, -0.05) is 30.4 Å². The van der Waals surface area contributed by atoms with Gasteiger partial charge < -0.3 is 10.6 Å². The topological polar surface area (TPSA) is 84.2 Å². The number of benzene rings is 1. The van der Waals surface area contributed by atoms with Crippen LogP contribution in [-0.4, -0.2) is 30.8 Å². The van der Waals surface area contributed by atoms with Crippen LogP contribution in [0.25, 0.3) is 15.5 Å². The number of nitrogens with zero attached hydrogens (tertiary/aromatic N) is 4. The van der Waals surface area contributed by atoms with Crippen molar-refractivity contribution >= 4 is 45.2 Å². The van der Waals surface area contributed by atoms with Crippen LogP contribution in [0, 0.1) is 6.92 Å². The Bertz CT molecular complexity index is 900. The van der Waals surface area contributed by atoms with E-state index in [1.165, 1.54) is 11.3 Å². The largest absolute Gasteiger partial charge is 0.332 e. The molecule has 0 spiro atoms. The molecule has 0 fully saturated rings. The second-order valence-corrected chi connectivity index (χ2v) is 6.51. The minimum Gasteiger partial charge on any atom is -0.332 e. The van der Waals surface area contributed by atoms with Gasteiger partial charge in [0.25, 0.3) is 0 Å². The summed E-state index contributed by atoms with van der Waals surface area (Å²) in [5.41, 5.74) is 1.67. The monoisotopic (exact) mass is 360 g/mol. The smallest absolute Gasteiger partial charge is 0.234 e. The van der Waals surface area contributed by atoms with Crippen molar-refractivity contribution in [3.63, 3.8) is 0 Å². The Labute approximate surface area is 148 Å². The summed E-state index contributed by atoms with van der Waals surface area (Å²) in [6.45, 7) is 3.80. The lowest BCUT2D eigenvalue weighted by molar-refractivity contribution is -0.119. The Morgan fingerprint density at radius 1 is 1.33 bits per heavy atom. The van der Waals surface area contributed by atoms with Gasteiger partial charge in [-0.25, -0.2) is 0 Å². The Morgan fingerprint density at radius 2 is 2.12 bits per heavy atom. The van der Waals surface area contributed by atoms with Crippen molar-refractivity contribution in [1.82, 2.24) is 25.1 Å². The third-order valence-electron chi connectivity index (χ3n) is 3.28. The fourth-order valence-corrected chi connectivity index (χ4v) is 3.32. The maximum Gasteiger partial charge on any atom is 0.234 e. The molecule has 1 aromatic carbocycles. The highest BCUT2D eigenvalue weighted by Crippen LogP contribution is 2.31. The molecule has 3 rings (SSSR count). The molecule has 0 radical (unpaired) electrons. The minimum absolute atomic E-state index is 0.0955. The summed E-state index contributed by atoms with van der Waals surface area (Å²) in [7, 11) is 0. The van der Waals surface area contributed by atoms with E-state index in [0.717, 1.165) is 33.5 Å². The Hall–Kier alpha value is -2.39. The number of fused-ring (bicyclic) bond motifs is 1. The van der Waals surface area contributed by atoms with E-state index in [4.69, 9.17) is 12.2 Å². The number of aromatic nitrogens is 4. The Morgan fingerprint density at radius 3 is 2.88 bits per heavy atom. The van der Waals surface area contributed by atoms with Gasteiger partial charge in [0.05, 0.1) is 5.69 Å². The molecule has 2 aromatic heterocycles. The van der Waals surface area contributed by atoms with E-state index < -0.39 is 0 Å². The van der Waals surface area contributed by atoms with E-state index in [0.29, 0.717) is 6.42 Å². The van der Waals surface area contributed by atoms with Crippen molar-refractivity contribution in [1.29, 1.82) is 0 Å². The molecule has 9 heteroatoms. The molecule has 0 aliphatic carbocycles. The van der Waals surface area contributed by atoms with E-state index in [1.807, 2.05) is 38.1 Å². The lowest BCUT2D eigenvalue weighted by Crippen LogP contribution is -2.33. The van der Waals surface area contributed by atoms with E-state index in [1.54, 1.807) is 4.52 Å². The van der Waals surface area contributed by atoms with E-state index in [-0.39, 0.29) is 11.0 Å². The summed E-state index contributed by atoms with van der Waals surface area (Å²) in [6.07, 6.45) is 1.22. The molecule has 1 amide bonds. The predicted molar refractivity (Wildman–Crippen MR) is 98.1 cm³/mol. The van der Waals surface area contributed by atoms with Crippen LogP contribution in [-0.2, 0) is 4.79 Å². The van der Waals surface area contributed by atoms with Crippen LogP contribution in [0.5, 0.6) is 0 Å². The molecule has 0 saturated carbocycles. The summed E-state index contributed by atoms with van der Waals surface area (Å²) in [4.78, 5) is 12.4. The van der Waals surface area contributed by atoms with Gasteiger partial charge in [0, 0.05) is 12.0 Å². The molecule has 7 nitrogen and oxygen atoms in total. The number of anilines is 1. The van der Waals surface area contributed by atoms with Crippen LogP contribution in [0.3, 0.4) is 0 Å². The molecule has 24 heavy (non-hydrogen) atoms. The van der Waals surface area contributed by atoms with Gasteiger partial charge in [0.15, 0.2) is 10.9 Å². The third-order valence-corrected chi connectivity index (χ3v) is 4.42. The van der Waals surface area contributed by atoms with Gasteiger partial charge in [0.2, 0.25) is 10.9 Å². The Balaban J connectivity index is 1.85. The maximum absolute atomic E-state index is 11.7. The van der Waals surface area contributed by atoms with Crippen LogP contribution < -0.4 is 10.6 Å². The molecule has 0 aliphatic heterocycles. The van der Waals surface area contributed by atoms with Gasteiger partial charge in [-0.15, -0.1) is 10.2 Å². The number of thiocarbonyl (C=S) groups is 1. The number of amides is 1. The average Bonchev–Trinajstić information content (AvgIpc) is 3.10. The zero-order valence-corrected chi connectivity index (χ0v) is 14.9. The fourth-order valence-electron chi connectivity index (χ4n) is 2.17. The average molecular weight is 360 g/mol. The second kappa shape index (κ2) is 7.02. The molecule has 0 saturated heterocycles. The molecule has 124 valence electrons. The molecular formula is C15H16N6OS2. The van der Waals surface area contributed by atoms with Crippen LogP contribution in [0.15, 0.2) is 24.3 Å². The second-order valence-electron chi connectivity index (χ2n) is 5.15. The molecule has 0 unspecified atom stereocenters. The van der Waals surface area contributed by atoms with E-state index in [2.05, 4.69) is 25.9 Å². The molecule has 3 aromatic rings. The zero-order chi connectivity index (χ0) is 17.1. The van der Waals surface area contributed by atoms with Crippen molar-refractivity contribution in [2.24, 2.45) is 0 Å². The third kappa shape index (κ3) is 3.41. The number of nitrogens with one attached hydrogen (secondary N) is 2. The number of hydrogen-bond donors (Lipinski definition) is 2. The number of aryl methyl sites for hydroxylation is 1. The molecule has 0 aliphatic rings. The van der Waals surface area contributed by atoms with E-state index in [9.17, 15) is 4.79 Å². The number of carbonyl (C=O) groups excluding carboxylic acids is 1. The molecule has 0 atom stereocenters. The standard InChI is InChI=1S/C15H16N6OS2/c1-3-6-12(22)17-14(23)16-11-8-5-4-7-10(11)13-20-21-9(2)18-19-15(21)24-13/h4-5,7-8H,3,6H2,1-2H3,(H2,16,17,22,23). The Kier molecular flexibility index (Phi) is 4.81. The fraction of sp³-hybridized carbons (Fsp3) is 0.267. The van der Waals surface area contributed by atoms with Crippen molar-refractivity contribution < 1.29 is 4.79 Å². The number of hydrogen-bond acceptors (Lipinski definition) is 6. The van der Waals surface area contributed by atoms with Crippen molar-refractivity contribution in [2.75, 3.05) is 5.32 Å². The van der Waals surface area contributed by atoms with Gasteiger partial charge in [-0.05, 0) is 37.7 Å². The normalized spacial score (nSPS) is 10.8. The summed E-state index contributed by atoms with van der Waals surface area (Å²) in [5, 5.41) is 19.4. The number of rotatable bonds is 4. The summed E-state index contributed by atoms with van der Waals surface area (Å²) in [6, 6.07) is 7.66. The van der Waals surface area contributed by atoms with Gasteiger partial charge in [0.1, 0.15) is 5.01 Å². The van der Waals surface area contributed by atoms with Gasteiger partial charge in [-0.2, -0.15) is 9.61 Å². The first kappa shape index (κ1) is 16.5. The minimum atomic E-state index is -0.0955. The SMILES string of the molecule is CCCC(=O)NC(=S)Nc1ccccc1-c1nn2c(C)nnc2s1. The molecule has 2 N–H and O–H groups in total. The van der Waals surface area contributed by atoms with Crippen LogP contribution >= 0.6 is 23.6 Å². The highest BCUT2D eigenvalue weighted by atomic mass is 32.1. The number of para-hydroxylation sites is 1. The molecule has 2 heterocycles. The van der Waals surface area contributed by atoms with Gasteiger partial charge in [-0.3, -0.25) is 4.79 Å². The first-order chi connectivity index (χ1) is 11.6. The number of carbonyl (C=O) groups is 1. The molecule has 0 bridgehead atoms. The van der Waals surface area contributed by atoms with Crippen LogP contribution in [0.2, 0.25) is 0 Å². The first-order valence-corrected chi connectivity index (χ1v) is 8.70. The van der Waals surface area contributed by atoms with Crippen LogP contribution in [0.1, 0.15) is 25.6 Å². The first-order valence-electron chi connectivity index (χ1n) is 7.47. The van der Waals surface area contributed by atoms with Crippen molar-refractivity contribution in [3.8, 4) is 10.6 Å². The summed E-state index contributed by atoms with van der Waals surface area (Å²) >= 11 is 6.66. The lowest BCUT2D eigenvalue weighted by atomic mass is 10.2. The lowest BCUT2D eigenvalue weighted by Gasteiger charge is -2.11. The zero-order valence-electron chi connectivity index (χ0n) is 13.2. The maximum atomic E-state index is 11.7. The highest BCUT2D eigenvalue weighted by molar-refractivity contribution is 7.80. The summed E-state index contributed by atoms with van der Waals surface area (Å²) < 4.78 is 1.71. The highest BCUT2D eigenvalue weighted by Gasteiger charge is 2.14. The van der Waals surface area contributed by atoms with Crippen molar-refractivity contribution in [3.05, 3.63) is 30.1 Å². The van der Waals surface area contributed by atoms with Gasteiger partial charge >= 0.3 is 0 Å². The summed E-state index contributed by atoms with van der Waals surface area (Å²) in [5.74, 6) is 0.641. The van der Waals surface area contributed by atoms with Crippen molar-refractivity contribution in [2.45, 2.75) is 26.7 Å².